The van der Waals surface area contributed by atoms with E-state index in [1.165, 1.54) is 19.3 Å². The molecule has 3 unspecified atom stereocenters. The fourth-order valence-electron chi connectivity index (χ4n) is 3.79. The van der Waals surface area contributed by atoms with Gasteiger partial charge in [0.25, 0.3) is 0 Å². The van der Waals surface area contributed by atoms with E-state index in [0.29, 0.717) is 12.0 Å². The van der Waals surface area contributed by atoms with Crippen molar-refractivity contribution in [1.29, 1.82) is 0 Å². The Bertz CT molecular complexity index is 500. The number of benzene rings is 1. The van der Waals surface area contributed by atoms with Crippen molar-refractivity contribution in [2.24, 2.45) is 5.92 Å². The molecule has 1 aromatic carbocycles. The summed E-state index contributed by atoms with van der Waals surface area (Å²) in [4.78, 5) is 14.9. The number of anilines is 1. The van der Waals surface area contributed by atoms with E-state index in [0.717, 1.165) is 24.2 Å². The molecule has 3 nitrogen and oxygen atoms in total. The van der Waals surface area contributed by atoms with Gasteiger partial charge in [-0.1, -0.05) is 38.0 Å². The van der Waals surface area contributed by atoms with Crippen molar-refractivity contribution in [2.45, 2.75) is 44.6 Å². The second kappa shape index (κ2) is 5.47. The highest BCUT2D eigenvalue weighted by atomic mass is 16.2. The summed E-state index contributed by atoms with van der Waals surface area (Å²) in [6.45, 7) is 3.03. The van der Waals surface area contributed by atoms with Gasteiger partial charge in [0, 0.05) is 25.3 Å². The number of nitrogens with one attached hydrogen (secondary N) is 1. The number of carbonyl (C=O) groups is 1. The monoisotopic (exact) mass is 272 g/mol. The van der Waals surface area contributed by atoms with Gasteiger partial charge in [-0.2, -0.15) is 0 Å². The number of hydrogen-bond donors (Lipinski definition) is 1. The first-order valence-corrected chi connectivity index (χ1v) is 7.78. The molecule has 3 heteroatoms. The van der Waals surface area contributed by atoms with E-state index in [2.05, 4.69) is 24.4 Å². The van der Waals surface area contributed by atoms with Crippen molar-refractivity contribution in [3.63, 3.8) is 0 Å². The van der Waals surface area contributed by atoms with Crippen LogP contribution in [0.2, 0.25) is 0 Å². The van der Waals surface area contributed by atoms with Crippen molar-refractivity contribution in [3.8, 4) is 0 Å². The normalized spacial score (nSPS) is 28.6. The van der Waals surface area contributed by atoms with Gasteiger partial charge in [0.2, 0.25) is 5.91 Å². The molecule has 1 aliphatic heterocycles. The summed E-state index contributed by atoms with van der Waals surface area (Å²) in [7, 11) is 2.00. The first kappa shape index (κ1) is 13.5. The molecule has 0 spiro atoms. The first-order valence-electron chi connectivity index (χ1n) is 7.78. The minimum absolute atomic E-state index is 0.00896. The fraction of sp³-hybridized carbons (Fsp3) is 0.588. The summed E-state index contributed by atoms with van der Waals surface area (Å²) in [5.41, 5.74) is 2.28. The van der Waals surface area contributed by atoms with Crippen LogP contribution < -0.4 is 5.32 Å². The number of carbonyl (C=O) groups excluding carboxylic acids is 1. The highest BCUT2D eigenvalue weighted by molar-refractivity contribution is 5.88. The molecule has 1 amide bonds. The molecular weight excluding hydrogens is 248 g/mol. The smallest absolute Gasteiger partial charge is 0.231 e. The minimum Gasteiger partial charge on any atom is -0.384 e. The maximum absolute atomic E-state index is 12.8. The molecule has 1 saturated carbocycles. The van der Waals surface area contributed by atoms with Crippen molar-refractivity contribution < 1.29 is 4.79 Å². The first-order chi connectivity index (χ1) is 9.68. The highest BCUT2D eigenvalue weighted by Crippen LogP contribution is 2.34. The van der Waals surface area contributed by atoms with Crippen molar-refractivity contribution in [3.05, 3.63) is 29.8 Å². The Morgan fingerprint density at radius 1 is 1.25 bits per heavy atom. The summed E-state index contributed by atoms with van der Waals surface area (Å²) < 4.78 is 0. The second-order valence-corrected chi connectivity index (χ2v) is 6.30. The van der Waals surface area contributed by atoms with Crippen LogP contribution in [-0.2, 0) is 4.79 Å². The van der Waals surface area contributed by atoms with Crippen LogP contribution in [0.15, 0.2) is 24.3 Å². The third-order valence-corrected chi connectivity index (χ3v) is 5.04. The molecule has 3 rings (SSSR count). The van der Waals surface area contributed by atoms with E-state index in [1.807, 2.05) is 24.1 Å². The van der Waals surface area contributed by atoms with Gasteiger partial charge in [0.15, 0.2) is 0 Å². The second-order valence-electron chi connectivity index (χ2n) is 6.30. The van der Waals surface area contributed by atoms with Crippen LogP contribution in [0.3, 0.4) is 0 Å². The Kier molecular flexibility index (Phi) is 3.68. The van der Waals surface area contributed by atoms with Crippen LogP contribution in [0.1, 0.15) is 44.1 Å². The van der Waals surface area contributed by atoms with E-state index < -0.39 is 0 Å². The Labute approximate surface area is 121 Å². The summed E-state index contributed by atoms with van der Waals surface area (Å²) in [5.74, 6) is 0.897. The van der Waals surface area contributed by atoms with Gasteiger partial charge in [0.1, 0.15) is 0 Å². The summed E-state index contributed by atoms with van der Waals surface area (Å²) >= 11 is 0. The van der Waals surface area contributed by atoms with Gasteiger partial charge < -0.3 is 10.2 Å². The van der Waals surface area contributed by atoms with Crippen molar-refractivity contribution >= 4 is 11.6 Å². The fourth-order valence-corrected chi connectivity index (χ4v) is 3.79. The van der Waals surface area contributed by atoms with Crippen LogP contribution in [0.5, 0.6) is 0 Å². The van der Waals surface area contributed by atoms with Gasteiger partial charge in [-0.3, -0.25) is 4.79 Å². The molecule has 1 aliphatic carbocycles. The molecule has 20 heavy (non-hydrogen) atoms. The molecule has 1 fully saturated rings. The third kappa shape index (κ3) is 2.30. The van der Waals surface area contributed by atoms with Crippen molar-refractivity contribution in [1.82, 2.24) is 4.90 Å². The average Bonchev–Trinajstić information content (AvgIpc) is 2.90. The van der Waals surface area contributed by atoms with E-state index >= 15 is 0 Å². The van der Waals surface area contributed by atoms with Crippen LogP contribution in [0.4, 0.5) is 5.69 Å². The van der Waals surface area contributed by atoms with Crippen LogP contribution in [-0.4, -0.2) is 30.4 Å². The lowest BCUT2D eigenvalue weighted by Gasteiger charge is -2.37. The lowest BCUT2D eigenvalue weighted by Crippen LogP contribution is -2.45. The number of amides is 1. The van der Waals surface area contributed by atoms with Gasteiger partial charge in [-0.15, -0.1) is 0 Å². The molecule has 0 bridgehead atoms. The zero-order valence-electron chi connectivity index (χ0n) is 12.4. The lowest BCUT2D eigenvalue weighted by molar-refractivity contribution is -0.134. The van der Waals surface area contributed by atoms with Gasteiger partial charge in [-0.25, -0.2) is 0 Å². The lowest BCUT2D eigenvalue weighted by atomic mass is 9.84. The zero-order valence-corrected chi connectivity index (χ0v) is 12.4. The zero-order chi connectivity index (χ0) is 14.1. The molecule has 0 saturated heterocycles. The Morgan fingerprint density at radius 2 is 2.00 bits per heavy atom. The van der Waals surface area contributed by atoms with Gasteiger partial charge in [-0.05, 0) is 30.4 Å². The van der Waals surface area contributed by atoms with E-state index in [1.54, 1.807) is 0 Å². The van der Waals surface area contributed by atoms with E-state index in [4.69, 9.17) is 0 Å². The minimum atomic E-state index is -0.00896. The standard InChI is InChI=1S/C17H24N2O/c1-12-7-3-6-10-16(12)19(2)17(20)14-11-18-15-9-5-4-8-13(14)15/h4-5,8-9,12,14,16,18H,3,6-7,10-11H2,1-2H3. The molecule has 108 valence electrons. The quantitative estimate of drug-likeness (QED) is 0.896. The predicted molar refractivity (Wildman–Crippen MR) is 81.9 cm³/mol. The third-order valence-electron chi connectivity index (χ3n) is 5.04. The Balaban J connectivity index is 1.76. The largest absolute Gasteiger partial charge is 0.384 e. The van der Waals surface area contributed by atoms with Gasteiger partial charge in [0.05, 0.1) is 5.92 Å². The Hall–Kier alpha value is -1.51. The summed E-state index contributed by atoms with van der Waals surface area (Å²) in [5, 5.41) is 3.35. The molecule has 2 aliphatic rings. The number of rotatable bonds is 2. The number of likely N-dealkylation sites (N-methyl/N-ethyl adjacent to an activating group) is 1. The summed E-state index contributed by atoms with van der Waals surface area (Å²) in [6.07, 6.45) is 4.98. The SMILES string of the molecule is CC1CCCCC1N(C)C(=O)C1CNc2ccccc21. The molecule has 1 aromatic rings. The molecule has 1 heterocycles. The molecule has 1 N–H and O–H groups in total. The predicted octanol–water partition coefficient (Wildman–Crippen LogP) is 3.23. The number of hydrogen-bond acceptors (Lipinski definition) is 2. The van der Waals surface area contributed by atoms with Crippen LogP contribution >= 0.6 is 0 Å². The summed E-state index contributed by atoms with van der Waals surface area (Å²) in [6, 6.07) is 8.60. The van der Waals surface area contributed by atoms with Crippen molar-refractivity contribution in [2.75, 3.05) is 18.9 Å². The molecule has 3 atom stereocenters. The maximum atomic E-state index is 12.8. The van der Waals surface area contributed by atoms with Crippen LogP contribution in [0.25, 0.3) is 0 Å². The average molecular weight is 272 g/mol. The number of nitrogens with zero attached hydrogens (tertiary/aromatic N) is 1. The molecule has 0 radical (unpaired) electrons. The molecular formula is C17H24N2O. The number of fused-ring (bicyclic) bond motifs is 1. The Morgan fingerprint density at radius 3 is 2.80 bits per heavy atom. The maximum Gasteiger partial charge on any atom is 0.231 e. The molecule has 0 aromatic heterocycles. The topological polar surface area (TPSA) is 32.3 Å². The van der Waals surface area contributed by atoms with E-state index in [9.17, 15) is 4.79 Å². The van der Waals surface area contributed by atoms with Crippen LogP contribution in [0, 0.1) is 5.92 Å². The number of para-hydroxylation sites is 1. The highest BCUT2D eigenvalue weighted by Gasteiger charge is 2.35. The van der Waals surface area contributed by atoms with Gasteiger partial charge >= 0.3 is 0 Å². The van der Waals surface area contributed by atoms with E-state index in [-0.39, 0.29) is 11.8 Å².